The first-order valence-electron chi connectivity index (χ1n) is 9.05. The topological polar surface area (TPSA) is 101 Å². The lowest BCUT2D eigenvalue weighted by Gasteiger charge is -2.13. The average Bonchev–Trinajstić information content (AvgIpc) is 2.68. The summed E-state index contributed by atoms with van der Waals surface area (Å²) in [5.41, 5.74) is 2.03. The van der Waals surface area contributed by atoms with E-state index in [-0.39, 0.29) is 28.8 Å². The fourth-order valence-corrected chi connectivity index (χ4v) is 3.33. The summed E-state index contributed by atoms with van der Waals surface area (Å²) in [5.74, 6) is -0.251. The predicted molar refractivity (Wildman–Crippen MR) is 114 cm³/mol. The number of rotatable bonds is 7. The van der Waals surface area contributed by atoms with Gasteiger partial charge in [-0.3, -0.25) is 14.4 Å². The van der Waals surface area contributed by atoms with Crippen LogP contribution in [-0.4, -0.2) is 33.4 Å². The van der Waals surface area contributed by atoms with Crippen LogP contribution in [-0.2, 0) is 14.3 Å². The van der Waals surface area contributed by atoms with Gasteiger partial charge in [0.15, 0.2) is 11.9 Å². The van der Waals surface area contributed by atoms with Crippen LogP contribution in [0.1, 0.15) is 24.4 Å². The molecule has 1 atom stereocenters. The van der Waals surface area contributed by atoms with Crippen LogP contribution in [0.2, 0.25) is 0 Å². The highest BCUT2D eigenvalue weighted by Crippen LogP contribution is 2.16. The number of ether oxygens (including phenoxy) is 1. The molecule has 0 spiro atoms. The molecule has 2 aromatic carbocycles. The molecule has 0 fully saturated rings. The van der Waals surface area contributed by atoms with Gasteiger partial charge in [-0.1, -0.05) is 24.3 Å². The van der Waals surface area contributed by atoms with Crippen molar-refractivity contribution in [2.45, 2.75) is 20.0 Å². The summed E-state index contributed by atoms with van der Waals surface area (Å²) >= 11 is 1.16. The Morgan fingerprint density at radius 1 is 1.17 bits per heavy atom. The number of anilines is 1. The number of aryl methyl sites for hydroxylation is 1. The normalized spacial score (nSPS) is 11.8. The Balaban J connectivity index is 1.49. The lowest BCUT2D eigenvalue weighted by atomic mass is 10.2. The van der Waals surface area contributed by atoms with E-state index in [0.717, 1.165) is 23.0 Å². The molecule has 2 N–H and O–H groups in total. The average molecular weight is 411 g/mol. The van der Waals surface area contributed by atoms with Gasteiger partial charge in [0.2, 0.25) is 5.91 Å². The molecule has 0 saturated carbocycles. The van der Waals surface area contributed by atoms with Gasteiger partial charge < -0.3 is 15.0 Å². The van der Waals surface area contributed by atoms with Crippen molar-refractivity contribution >= 4 is 40.2 Å². The van der Waals surface area contributed by atoms with Gasteiger partial charge in [0.05, 0.1) is 22.4 Å². The number of hydrogen-bond acceptors (Lipinski definition) is 6. The number of aromatic nitrogens is 2. The number of hydrogen-bond donors (Lipinski definition) is 2. The number of fused-ring (bicyclic) bond motifs is 1. The van der Waals surface area contributed by atoms with Gasteiger partial charge in [-0.25, -0.2) is 4.98 Å². The van der Waals surface area contributed by atoms with Gasteiger partial charge in [-0.2, -0.15) is 0 Å². The number of carbonyl (C=O) groups excluding carboxylic acids is 2. The number of H-pyrrole nitrogens is 1. The molecule has 3 aromatic rings. The van der Waals surface area contributed by atoms with Crippen molar-refractivity contribution in [2.24, 2.45) is 0 Å². The third-order valence-corrected chi connectivity index (χ3v) is 4.99. The van der Waals surface area contributed by atoms with Crippen molar-refractivity contribution < 1.29 is 14.3 Å². The minimum absolute atomic E-state index is 0.0173. The Morgan fingerprint density at radius 2 is 1.97 bits per heavy atom. The molecule has 1 amide bonds. The summed E-state index contributed by atoms with van der Waals surface area (Å²) in [7, 11) is 0. The second-order valence-corrected chi connectivity index (χ2v) is 7.50. The Kier molecular flexibility index (Phi) is 6.66. The second kappa shape index (κ2) is 9.38. The van der Waals surface area contributed by atoms with Gasteiger partial charge in [-0.15, -0.1) is 11.8 Å². The molecule has 0 bridgehead atoms. The number of thioether (sulfide) groups is 1. The highest BCUT2D eigenvalue weighted by Gasteiger charge is 2.16. The molecular formula is C21H21N3O4S. The van der Waals surface area contributed by atoms with Crippen LogP contribution < -0.4 is 10.9 Å². The molecule has 0 aliphatic carbocycles. The Labute approximate surface area is 171 Å². The fourth-order valence-electron chi connectivity index (χ4n) is 2.73. The number of nitrogens with zero attached hydrogens (tertiary/aromatic N) is 1. The van der Waals surface area contributed by atoms with Crippen molar-refractivity contribution in [3.8, 4) is 0 Å². The van der Waals surface area contributed by atoms with Gasteiger partial charge in [-0.05, 0) is 43.7 Å². The third kappa shape index (κ3) is 5.68. The fraction of sp³-hybridized carbons (Fsp3) is 0.238. The molecule has 0 saturated heterocycles. The molecule has 0 radical (unpaired) electrons. The first-order chi connectivity index (χ1) is 13.9. The predicted octanol–water partition coefficient (Wildman–Crippen LogP) is 3.21. The van der Waals surface area contributed by atoms with Crippen LogP contribution in [0.5, 0.6) is 0 Å². The van der Waals surface area contributed by atoms with E-state index in [1.165, 1.54) is 0 Å². The van der Waals surface area contributed by atoms with Crippen molar-refractivity contribution in [3.05, 3.63) is 70.3 Å². The number of esters is 1. The number of para-hydroxylation sites is 1. The summed E-state index contributed by atoms with van der Waals surface area (Å²) in [6, 6.07) is 14.4. The van der Waals surface area contributed by atoms with Crippen molar-refractivity contribution in [3.63, 3.8) is 0 Å². The van der Waals surface area contributed by atoms with E-state index in [9.17, 15) is 14.4 Å². The molecule has 0 unspecified atom stereocenters. The first-order valence-corrected chi connectivity index (χ1v) is 10.2. The molecule has 3 rings (SSSR count). The molecule has 8 heteroatoms. The Hall–Kier alpha value is -3.13. The zero-order chi connectivity index (χ0) is 20.8. The summed E-state index contributed by atoms with van der Waals surface area (Å²) in [6.07, 6.45) is -0.707. The van der Waals surface area contributed by atoms with Crippen molar-refractivity contribution in [1.29, 1.82) is 0 Å². The van der Waals surface area contributed by atoms with E-state index in [1.54, 1.807) is 31.2 Å². The quantitative estimate of drug-likeness (QED) is 0.579. The molecular weight excluding hydrogens is 390 g/mol. The summed E-state index contributed by atoms with van der Waals surface area (Å²) in [5, 5.41) is 3.26. The van der Waals surface area contributed by atoms with E-state index < -0.39 is 12.1 Å². The van der Waals surface area contributed by atoms with Gasteiger partial charge in [0.1, 0.15) is 0 Å². The van der Waals surface area contributed by atoms with Crippen LogP contribution >= 0.6 is 11.8 Å². The molecule has 7 nitrogen and oxygen atoms in total. The third-order valence-electron chi connectivity index (χ3n) is 4.08. The number of amides is 1. The maximum absolute atomic E-state index is 12.1. The van der Waals surface area contributed by atoms with E-state index in [2.05, 4.69) is 15.3 Å². The Morgan fingerprint density at radius 3 is 2.76 bits per heavy atom. The summed E-state index contributed by atoms with van der Waals surface area (Å²) in [6.45, 7) is 3.58. The monoisotopic (exact) mass is 411 g/mol. The summed E-state index contributed by atoms with van der Waals surface area (Å²) < 4.78 is 5.33. The minimum Gasteiger partial charge on any atom is -0.454 e. The van der Waals surface area contributed by atoms with E-state index in [1.807, 2.05) is 31.2 Å². The lowest BCUT2D eigenvalue weighted by Crippen LogP contribution is -2.19. The zero-order valence-corrected chi connectivity index (χ0v) is 16.9. The standard InChI is InChI=1S/C21H21N3O4S/c1-13-6-5-7-15(10-13)22-18(25)11-29-12-19(26)28-14(2)20-23-17-9-4-3-8-16(17)21(27)24-20/h3-10,14H,11-12H2,1-2H3,(H,22,25)(H,23,24,27)/t14-/m0/s1. The highest BCUT2D eigenvalue weighted by atomic mass is 32.2. The molecule has 1 aromatic heterocycles. The van der Waals surface area contributed by atoms with Gasteiger partial charge in [0, 0.05) is 5.69 Å². The SMILES string of the molecule is Cc1cccc(NC(=O)CSCC(=O)O[C@@H](C)c2nc3ccccc3c(=O)[nH]2)c1. The molecule has 29 heavy (non-hydrogen) atoms. The Bertz CT molecular complexity index is 1100. The van der Waals surface area contributed by atoms with Crippen molar-refractivity contribution in [1.82, 2.24) is 9.97 Å². The van der Waals surface area contributed by atoms with Crippen LogP contribution in [0.25, 0.3) is 10.9 Å². The van der Waals surface area contributed by atoms with E-state index >= 15 is 0 Å². The van der Waals surface area contributed by atoms with Crippen molar-refractivity contribution in [2.75, 3.05) is 16.8 Å². The maximum Gasteiger partial charge on any atom is 0.316 e. The van der Waals surface area contributed by atoms with Crippen LogP contribution in [0.3, 0.4) is 0 Å². The number of carbonyl (C=O) groups is 2. The first kappa shape index (κ1) is 20.6. The van der Waals surface area contributed by atoms with Crippen LogP contribution in [0.4, 0.5) is 5.69 Å². The van der Waals surface area contributed by atoms with Gasteiger partial charge >= 0.3 is 5.97 Å². The second-order valence-electron chi connectivity index (χ2n) is 6.51. The zero-order valence-electron chi connectivity index (χ0n) is 16.1. The number of benzene rings is 2. The highest BCUT2D eigenvalue weighted by molar-refractivity contribution is 8.00. The molecule has 1 heterocycles. The smallest absolute Gasteiger partial charge is 0.316 e. The molecule has 0 aliphatic rings. The lowest BCUT2D eigenvalue weighted by molar-refractivity contribution is -0.145. The molecule has 150 valence electrons. The van der Waals surface area contributed by atoms with E-state index in [4.69, 9.17) is 4.74 Å². The minimum atomic E-state index is -0.707. The van der Waals surface area contributed by atoms with Gasteiger partial charge in [0.25, 0.3) is 5.56 Å². The van der Waals surface area contributed by atoms with Crippen LogP contribution in [0, 0.1) is 6.92 Å². The largest absolute Gasteiger partial charge is 0.454 e. The molecule has 0 aliphatic heterocycles. The maximum atomic E-state index is 12.1. The number of nitrogens with one attached hydrogen (secondary N) is 2. The van der Waals surface area contributed by atoms with E-state index in [0.29, 0.717) is 10.9 Å². The van der Waals surface area contributed by atoms with Crippen LogP contribution in [0.15, 0.2) is 53.3 Å². The number of aromatic amines is 1. The summed E-state index contributed by atoms with van der Waals surface area (Å²) in [4.78, 5) is 43.2.